The molecule has 1 rings (SSSR count). The Labute approximate surface area is 150 Å². The second-order valence-electron chi connectivity index (χ2n) is 5.85. The van der Waals surface area contributed by atoms with Gasteiger partial charge in [-0.3, -0.25) is 9.59 Å². The number of rotatable bonds is 9. The van der Waals surface area contributed by atoms with Crippen molar-refractivity contribution in [3.63, 3.8) is 0 Å². The Morgan fingerprint density at radius 2 is 1.69 bits per heavy atom. The first-order valence-electron chi connectivity index (χ1n) is 7.94. The Bertz CT molecular complexity index is 648. The van der Waals surface area contributed by atoms with Crippen LogP contribution in [0, 0.1) is 0 Å². The monoisotopic (exact) mass is 369 g/mol. The van der Waals surface area contributed by atoms with Gasteiger partial charge in [-0.1, -0.05) is 18.2 Å². The van der Waals surface area contributed by atoms with Crippen LogP contribution in [-0.4, -0.2) is 56.1 Å². The van der Waals surface area contributed by atoms with Gasteiger partial charge in [0.05, 0.1) is 18.6 Å². The van der Waals surface area contributed by atoms with Gasteiger partial charge in [-0.2, -0.15) is 0 Å². The molecule has 9 heteroatoms. The van der Waals surface area contributed by atoms with E-state index in [4.69, 9.17) is 9.84 Å². The van der Waals surface area contributed by atoms with Crippen molar-refractivity contribution < 1.29 is 39.5 Å². The zero-order chi connectivity index (χ0) is 19.9. The number of para-hydroxylation sites is 1. The van der Waals surface area contributed by atoms with Crippen LogP contribution in [0.15, 0.2) is 24.3 Å². The molecular formula is C17H23NO8. The lowest BCUT2D eigenvalue weighted by Crippen LogP contribution is -2.56. The minimum absolute atomic E-state index is 0.215. The number of aliphatic hydroxyl groups excluding tert-OH is 2. The average molecular weight is 369 g/mol. The smallest absolute Gasteiger partial charge is 0.343 e. The highest BCUT2D eigenvalue weighted by Crippen LogP contribution is 2.21. The third-order valence-corrected chi connectivity index (χ3v) is 3.82. The third kappa shape index (κ3) is 5.51. The summed E-state index contributed by atoms with van der Waals surface area (Å²) in [5.41, 5.74) is -1.78. The predicted molar refractivity (Wildman–Crippen MR) is 90.0 cm³/mol. The molecule has 2 atom stereocenters. The number of carboxylic acids is 1. The molecule has 9 nitrogen and oxygen atoms in total. The predicted octanol–water partition coefficient (Wildman–Crippen LogP) is 0.0258. The van der Waals surface area contributed by atoms with E-state index < -0.39 is 35.7 Å². The SMILES string of the molecule is C[C@H](O)C(O)(C(=O)OCc1ccccc1NC(=O)CCC(=O)O)[C@H](C)O. The highest BCUT2D eigenvalue weighted by Gasteiger charge is 2.47. The summed E-state index contributed by atoms with van der Waals surface area (Å²) in [5.74, 6) is -2.83. The molecule has 0 radical (unpaired) electrons. The number of carbonyl (C=O) groups is 3. The van der Waals surface area contributed by atoms with Gasteiger partial charge in [-0.25, -0.2) is 4.79 Å². The number of aliphatic hydroxyl groups is 3. The molecule has 0 aliphatic carbocycles. The molecule has 0 aromatic heterocycles. The van der Waals surface area contributed by atoms with Gasteiger partial charge >= 0.3 is 11.9 Å². The van der Waals surface area contributed by atoms with E-state index in [1.54, 1.807) is 18.2 Å². The standard InChI is InChI=1S/C17H23NO8/c1-10(19)17(25,11(2)20)16(24)26-9-12-5-3-4-6-13(12)18-14(21)7-8-15(22)23/h3-6,10-11,19-20,25H,7-9H2,1-2H3,(H,18,21)(H,22,23)/t10-,11-/m0/s1. The third-order valence-electron chi connectivity index (χ3n) is 3.82. The van der Waals surface area contributed by atoms with E-state index in [0.717, 1.165) is 13.8 Å². The van der Waals surface area contributed by atoms with Crippen molar-refractivity contribution in [3.8, 4) is 0 Å². The number of hydrogen-bond donors (Lipinski definition) is 5. The molecule has 0 spiro atoms. The summed E-state index contributed by atoms with van der Waals surface area (Å²) in [6, 6.07) is 6.35. The normalized spacial score (nSPS) is 13.6. The van der Waals surface area contributed by atoms with Crippen molar-refractivity contribution in [2.24, 2.45) is 0 Å². The van der Waals surface area contributed by atoms with E-state index in [9.17, 15) is 29.7 Å². The molecule has 0 saturated carbocycles. The van der Waals surface area contributed by atoms with Crippen LogP contribution in [0.25, 0.3) is 0 Å². The van der Waals surface area contributed by atoms with Crippen LogP contribution in [0.5, 0.6) is 0 Å². The molecule has 0 saturated heterocycles. The van der Waals surface area contributed by atoms with E-state index in [2.05, 4.69) is 5.32 Å². The average Bonchev–Trinajstić information content (AvgIpc) is 2.57. The van der Waals surface area contributed by atoms with Crippen LogP contribution in [0.2, 0.25) is 0 Å². The summed E-state index contributed by atoms with van der Waals surface area (Å²) in [6.07, 6.45) is -3.67. The number of carbonyl (C=O) groups excluding carboxylic acids is 2. The van der Waals surface area contributed by atoms with Gasteiger partial charge in [0, 0.05) is 17.7 Å². The summed E-state index contributed by atoms with van der Waals surface area (Å²) >= 11 is 0. The van der Waals surface area contributed by atoms with E-state index >= 15 is 0 Å². The van der Waals surface area contributed by atoms with Gasteiger partial charge in [-0.15, -0.1) is 0 Å². The Balaban J connectivity index is 2.81. The Hall–Kier alpha value is -2.49. The number of carboxylic acid groups (broad SMARTS) is 1. The molecule has 144 valence electrons. The lowest BCUT2D eigenvalue weighted by molar-refractivity contribution is -0.194. The molecule has 26 heavy (non-hydrogen) atoms. The van der Waals surface area contributed by atoms with Crippen molar-refractivity contribution in [1.29, 1.82) is 0 Å². The number of anilines is 1. The van der Waals surface area contributed by atoms with Crippen LogP contribution >= 0.6 is 0 Å². The first-order chi connectivity index (χ1) is 12.1. The van der Waals surface area contributed by atoms with Crippen molar-refractivity contribution >= 4 is 23.5 Å². The largest absolute Gasteiger partial charge is 0.481 e. The molecule has 0 heterocycles. The van der Waals surface area contributed by atoms with Crippen LogP contribution in [0.1, 0.15) is 32.3 Å². The molecule has 1 aromatic rings. The molecule has 0 aliphatic heterocycles. The number of nitrogens with one attached hydrogen (secondary N) is 1. The van der Waals surface area contributed by atoms with E-state index in [-0.39, 0.29) is 19.4 Å². The number of ether oxygens (including phenoxy) is 1. The van der Waals surface area contributed by atoms with Crippen LogP contribution in [-0.2, 0) is 25.7 Å². The summed E-state index contributed by atoms with van der Waals surface area (Å²) in [7, 11) is 0. The van der Waals surface area contributed by atoms with Crippen molar-refractivity contribution in [2.75, 3.05) is 5.32 Å². The fraction of sp³-hybridized carbons (Fsp3) is 0.471. The molecular weight excluding hydrogens is 346 g/mol. The van der Waals surface area contributed by atoms with Crippen LogP contribution in [0.4, 0.5) is 5.69 Å². The topological polar surface area (TPSA) is 153 Å². The van der Waals surface area contributed by atoms with Crippen LogP contribution < -0.4 is 5.32 Å². The molecule has 0 bridgehead atoms. The van der Waals surface area contributed by atoms with Gasteiger partial charge in [0.15, 0.2) is 0 Å². The molecule has 1 amide bonds. The number of benzene rings is 1. The number of amides is 1. The Kier molecular flexibility index (Phi) is 7.69. The highest BCUT2D eigenvalue weighted by molar-refractivity contribution is 5.93. The quantitative estimate of drug-likeness (QED) is 0.382. The maximum atomic E-state index is 12.1. The van der Waals surface area contributed by atoms with Gasteiger partial charge in [0.1, 0.15) is 6.61 Å². The maximum absolute atomic E-state index is 12.1. The second kappa shape index (κ2) is 9.27. The summed E-state index contributed by atoms with van der Waals surface area (Å²) < 4.78 is 4.98. The number of aliphatic carboxylic acids is 1. The first-order valence-corrected chi connectivity index (χ1v) is 7.94. The first kappa shape index (κ1) is 21.6. The summed E-state index contributed by atoms with van der Waals surface area (Å²) in [4.78, 5) is 34.3. The van der Waals surface area contributed by atoms with Gasteiger partial charge in [-0.05, 0) is 19.9 Å². The lowest BCUT2D eigenvalue weighted by atomic mass is 9.92. The second-order valence-corrected chi connectivity index (χ2v) is 5.85. The Morgan fingerprint density at radius 1 is 1.12 bits per heavy atom. The van der Waals surface area contributed by atoms with Gasteiger partial charge in [0.2, 0.25) is 11.5 Å². The number of esters is 1. The Morgan fingerprint density at radius 3 is 2.23 bits per heavy atom. The fourth-order valence-corrected chi connectivity index (χ4v) is 2.15. The molecule has 0 unspecified atom stereocenters. The summed E-state index contributed by atoms with van der Waals surface area (Å²) in [5, 5.41) is 40.4. The molecule has 0 fully saturated rings. The van der Waals surface area contributed by atoms with Crippen molar-refractivity contribution in [2.45, 2.75) is 51.1 Å². The van der Waals surface area contributed by atoms with Gasteiger partial charge < -0.3 is 30.5 Å². The molecule has 1 aromatic carbocycles. The van der Waals surface area contributed by atoms with Crippen LogP contribution in [0.3, 0.4) is 0 Å². The summed E-state index contributed by atoms with van der Waals surface area (Å²) in [6.45, 7) is 1.95. The van der Waals surface area contributed by atoms with Crippen molar-refractivity contribution in [3.05, 3.63) is 29.8 Å². The zero-order valence-corrected chi connectivity index (χ0v) is 14.5. The lowest BCUT2D eigenvalue weighted by Gasteiger charge is -2.31. The molecule has 0 aliphatic rings. The van der Waals surface area contributed by atoms with E-state index in [0.29, 0.717) is 11.3 Å². The maximum Gasteiger partial charge on any atom is 0.343 e. The van der Waals surface area contributed by atoms with Crippen molar-refractivity contribution in [1.82, 2.24) is 0 Å². The number of hydrogen-bond acceptors (Lipinski definition) is 7. The fourth-order valence-electron chi connectivity index (χ4n) is 2.15. The zero-order valence-electron chi connectivity index (χ0n) is 14.5. The minimum atomic E-state index is -2.49. The van der Waals surface area contributed by atoms with E-state index in [1.165, 1.54) is 6.07 Å². The van der Waals surface area contributed by atoms with Gasteiger partial charge in [0.25, 0.3) is 0 Å². The molecule has 5 N–H and O–H groups in total. The minimum Gasteiger partial charge on any atom is -0.481 e. The highest BCUT2D eigenvalue weighted by atomic mass is 16.6. The van der Waals surface area contributed by atoms with E-state index in [1.807, 2.05) is 0 Å².